The highest BCUT2D eigenvalue weighted by molar-refractivity contribution is 5.56. The van der Waals surface area contributed by atoms with E-state index in [-0.39, 0.29) is 10.6 Å². The van der Waals surface area contributed by atoms with Crippen molar-refractivity contribution in [2.24, 2.45) is 5.92 Å². The predicted octanol–water partition coefficient (Wildman–Crippen LogP) is 3.44. The van der Waals surface area contributed by atoms with Gasteiger partial charge in [0.15, 0.2) is 0 Å². The van der Waals surface area contributed by atoms with E-state index in [1.807, 2.05) is 0 Å². The van der Waals surface area contributed by atoms with Crippen LogP contribution in [0.3, 0.4) is 0 Å². The molecule has 0 aromatic carbocycles. The molecule has 0 radical (unpaired) electrons. The van der Waals surface area contributed by atoms with E-state index in [2.05, 4.69) is 36.0 Å². The highest BCUT2D eigenvalue weighted by Crippen LogP contribution is 2.30. The van der Waals surface area contributed by atoms with Gasteiger partial charge in [-0.1, -0.05) is 13.8 Å². The summed E-state index contributed by atoms with van der Waals surface area (Å²) in [6, 6.07) is 3.45. The number of rotatable bonds is 5. The number of nitrogens with one attached hydrogen (secondary N) is 1. The van der Waals surface area contributed by atoms with Gasteiger partial charge in [0.25, 0.3) is 5.69 Å². The molecule has 1 aromatic heterocycles. The fourth-order valence-electron chi connectivity index (χ4n) is 2.76. The third kappa shape index (κ3) is 3.62. The van der Waals surface area contributed by atoms with Gasteiger partial charge in [-0.3, -0.25) is 10.1 Å². The molecule has 2 unspecified atom stereocenters. The summed E-state index contributed by atoms with van der Waals surface area (Å²) in [5, 5.41) is 14.3. The van der Waals surface area contributed by atoms with Crippen LogP contribution in [-0.2, 0) is 0 Å². The maximum Gasteiger partial charge on any atom is 0.276 e. The first-order valence-corrected chi connectivity index (χ1v) is 7.70. The molecule has 2 heterocycles. The molecule has 0 bridgehead atoms. The smallest absolute Gasteiger partial charge is 0.276 e. The van der Waals surface area contributed by atoms with E-state index in [0.717, 1.165) is 25.9 Å². The molecule has 116 valence electrons. The van der Waals surface area contributed by atoms with Crippen molar-refractivity contribution in [2.75, 3.05) is 23.3 Å². The number of hydrogen-bond acceptors (Lipinski definition) is 5. The second-order valence-corrected chi connectivity index (χ2v) is 5.81. The zero-order chi connectivity index (χ0) is 15.4. The van der Waals surface area contributed by atoms with E-state index in [9.17, 15) is 10.1 Å². The summed E-state index contributed by atoms with van der Waals surface area (Å²) in [6.07, 6.45) is 3.26. The Kier molecular flexibility index (Phi) is 4.98. The SMILES string of the molecule is CCCNc1cc([N+](=O)[O-])cc(N2CCCC(C)C2C)n1. The standard InChI is InChI=1S/C15H24N4O2/c1-4-7-16-14-9-13(19(20)21)10-15(17-14)18-8-5-6-11(2)12(18)3/h9-12H,4-8H2,1-3H3,(H,16,17). The summed E-state index contributed by atoms with van der Waals surface area (Å²) in [7, 11) is 0. The van der Waals surface area contributed by atoms with Gasteiger partial charge in [0.2, 0.25) is 0 Å². The first-order chi connectivity index (χ1) is 10.0. The Bertz CT molecular complexity index is 506. The number of hydrogen-bond donors (Lipinski definition) is 1. The molecular weight excluding hydrogens is 268 g/mol. The number of nitrogens with zero attached hydrogens (tertiary/aromatic N) is 3. The zero-order valence-corrected chi connectivity index (χ0v) is 13.0. The van der Waals surface area contributed by atoms with E-state index < -0.39 is 0 Å². The lowest BCUT2D eigenvalue weighted by atomic mass is 9.92. The molecule has 0 spiro atoms. The molecule has 1 fully saturated rings. The van der Waals surface area contributed by atoms with Crippen molar-refractivity contribution in [3.63, 3.8) is 0 Å². The molecule has 6 heteroatoms. The van der Waals surface area contributed by atoms with Crippen LogP contribution in [0.1, 0.15) is 40.0 Å². The van der Waals surface area contributed by atoms with Crippen LogP contribution in [0.25, 0.3) is 0 Å². The number of aromatic nitrogens is 1. The van der Waals surface area contributed by atoms with Gasteiger partial charge in [0, 0.05) is 19.1 Å². The van der Waals surface area contributed by atoms with Gasteiger partial charge < -0.3 is 10.2 Å². The number of anilines is 2. The first kappa shape index (κ1) is 15.5. The van der Waals surface area contributed by atoms with Gasteiger partial charge in [-0.25, -0.2) is 4.98 Å². The van der Waals surface area contributed by atoms with E-state index in [1.165, 1.54) is 12.5 Å². The van der Waals surface area contributed by atoms with Crippen LogP contribution in [0, 0.1) is 16.0 Å². The maximum absolute atomic E-state index is 11.1. The minimum Gasteiger partial charge on any atom is -0.370 e. The highest BCUT2D eigenvalue weighted by Gasteiger charge is 2.27. The van der Waals surface area contributed by atoms with Gasteiger partial charge in [0.05, 0.1) is 17.1 Å². The van der Waals surface area contributed by atoms with Crippen LogP contribution < -0.4 is 10.2 Å². The molecule has 1 aliphatic heterocycles. The molecule has 1 saturated heterocycles. The number of nitro groups is 1. The number of piperidine rings is 1. The van der Waals surface area contributed by atoms with E-state index in [4.69, 9.17) is 0 Å². The minimum atomic E-state index is -0.347. The fraction of sp³-hybridized carbons (Fsp3) is 0.667. The normalized spacial score (nSPS) is 22.1. The van der Waals surface area contributed by atoms with Gasteiger partial charge >= 0.3 is 0 Å². The maximum atomic E-state index is 11.1. The van der Waals surface area contributed by atoms with Gasteiger partial charge in [0.1, 0.15) is 11.6 Å². The van der Waals surface area contributed by atoms with Crippen molar-refractivity contribution in [1.29, 1.82) is 0 Å². The Hall–Kier alpha value is -1.85. The third-order valence-corrected chi connectivity index (χ3v) is 4.23. The van der Waals surface area contributed by atoms with Crippen molar-refractivity contribution in [1.82, 2.24) is 4.98 Å². The van der Waals surface area contributed by atoms with Gasteiger partial charge in [-0.15, -0.1) is 0 Å². The molecule has 2 atom stereocenters. The summed E-state index contributed by atoms with van der Waals surface area (Å²) in [6.45, 7) is 8.13. The lowest BCUT2D eigenvalue weighted by molar-refractivity contribution is -0.384. The monoisotopic (exact) mass is 292 g/mol. The van der Waals surface area contributed by atoms with Gasteiger partial charge in [-0.2, -0.15) is 0 Å². The molecule has 0 saturated carbocycles. The molecular formula is C15H24N4O2. The fourth-order valence-corrected chi connectivity index (χ4v) is 2.76. The molecule has 2 rings (SSSR count). The van der Waals surface area contributed by atoms with Crippen LogP contribution in [0.15, 0.2) is 12.1 Å². The molecule has 0 aliphatic carbocycles. The summed E-state index contributed by atoms with van der Waals surface area (Å²) in [5.74, 6) is 1.88. The largest absolute Gasteiger partial charge is 0.370 e. The molecule has 1 aromatic rings. The quantitative estimate of drug-likeness (QED) is 0.665. The second kappa shape index (κ2) is 6.74. The van der Waals surface area contributed by atoms with E-state index >= 15 is 0 Å². The Labute approximate surface area is 125 Å². The summed E-state index contributed by atoms with van der Waals surface area (Å²) in [4.78, 5) is 17.6. The summed E-state index contributed by atoms with van der Waals surface area (Å²) >= 11 is 0. The van der Waals surface area contributed by atoms with Crippen LogP contribution in [0.5, 0.6) is 0 Å². The molecule has 1 aliphatic rings. The van der Waals surface area contributed by atoms with Crippen LogP contribution in [-0.4, -0.2) is 29.0 Å². The number of pyridine rings is 1. The van der Waals surface area contributed by atoms with Gasteiger partial charge in [-0.05, 0) is 32.1 Å². The van der Waals surface area contributed by atoms with Crippen molar-refractivity contribution < 1.29 is 4.92 Å². The molecule has 6 nitrogen and oxygen atoms in total. The molecule has 21 heavy (non-hydrogen) atoms. The zero-order valence-electron chi connectivity index (χ0n) is 13.0. The topological polar surface area (TPSA) is 71.3 Å². The molecule has 1 N–H and O–H groups in total. The van der Waals surface area contributed by atoms with Crippen LogP contribution in [0.4, 0.5) is 17.3 Å². The average molecular weight is 292 g/mol. The van der Waals surface area contributed by atoms with Crippen LogP contribution >= 0.6 is 0 Å². The van der Waals surface area contributed by atoms with Crippen LogP contribution in [0.2, 0.25) is 0 Å². The van der Waals surface area contributed by atoms with Crippen molar-refractivity contribution in [3.8, 4) is 0 Å². The summed E-state index contributed by atoms with van der Waals surface area (Å²) in [5.41, 5.74) is 0.101. The average Bonchev–Trinajstić information content (AvgIpc) is 2.47. The Balaban J connectivity index is 2.32. The lowest BCUT2D eigenvalue weighted by Gasteiger charge is -2.38. The van der Waals surface area contributed by atoms with E-state index in [1.54, 1.807) is 6.07 Å². The first-order valence-electron chi connectivity index (χ1n) is 7.70. The minimum absolute atomic E-state index is 0.101. The Morgan fingerprint density at radius 2 is 2.24 bits per heavy atom. The summed E-state index contributed by atoms with van der Waals surface area (Å²) < 4.78 is 0. The lowest BCUT2D eigenvalue weighted by Crippen LogP contribution is -2.43. The van der Waals surface area contributed by atoms with Crippen molar-refractivity contribution >= 4 is 17.3 Å². The van der Waals surface area contributed by atoms with Crippen molar-refractivity contribution in [3.05, 3.63) is 22.2 Å². The predicted molar refractivity (Wildman–Crippen MR) is 84.9 cm³/mol. The van der Waals surface area contributed by atoms with E-state index in [0.29, 0.717) is 23.6 Å². The van der Waals surface area contributed by atoms with Crippen molar-refractivity contribution in [2.45, 2.75) is 46.1 Å². The Morgan fingerprint density at radius 1 is 1.48 bits per heavy atom. The third-order valence-electron chi connectivity index (χ3n) is 4.23. The molecule has 0 amide bonds. The highest BCUT2D eigenvalue weighted by atomic mass is 16.6. The Morgan fingerprint density at radius 3 is 2.90 bits per heavy atom. The second-order valence-electron chi connectivity index (χ2n) is 5.81.